The van der Waals surface area contributed by atoms with Crippen LogP contribution in [0.5, 0.6) is 23.0 Å². The highest BCUT2D eigenvalue weighted by atomic mass is 19.1. The molecule has 0 unspecified atom stereocenters. The van der Waals surface area contributed by atoms with Crippen LogP contribution in [0.25, 0.3) is 0 Å². The maximum absolute atomic E-state index is 14.0. The van der Waals surface area contributed by atoms with Gasteiger partial charge in [0.15, 0.2) is 17.5 Å². The van der Waals surface area contributed by atoms with Gasteiger partial charge >= 0.3 is 17.9 Å². The van der Waals surface area contributed by atoms with Crippen LogP contribution in [0.2, 0.25) is 0 Å². The molecule has 1 heterocycles. The van der Waals surface area contributed by atoms with Crippen molar-refractivity contribution in [1.29, 1.82) is 0 Å². The van der Waals surface area contributed by atoms with Crippen molar-refractivity contribution in [2.24, 2.45) is 0 Å². The number of aromatic nitrogens is 1. The van der Waals surface area contributed by atoms with Crippen molar-refractivity contribution < 1.29 is 47.3 Å². The number of hydrogen-bond donors (Lipinski definition) is 1. The molecule has 216 valence electrons. The Kier molecular flexibility index (Phi) is 10.3. The molecule has 11 nitrogen and oxygen atoms in total. The first kappa shape index (κ1) is 30.5. The Bertz CT molecular complexity index is 1410. The molecule has 2 aromatic carbocycles. The third-order valence-corrected chi connectivity index (χ3v) is 5.52. The van der Waals surface area contributed by atoms with Gasteiger partial charge in [-0.15, -0.1) is 0 Å². The summed E-state index contributed by atoms with van der Waals surface area (Å²) < 4.78 is 41.2. The standard InChI is InChI=1S/C29H29FN2O9/c1-16(32-28(35)25-27(40-19(4)34)23(37-5)13-14-31-25)29(36)38-17(2)26(41-21-9-7-6-8-10-21)22-12-11-20(30)15-24(22)39-18(3)33/h6-17,26H,1-5H3,(H,32,35)/t16-,17-,26-/m0/s1. The van der Waals surface area contributed by atoms with E-state index < -0.39 is 47.9 Å². The Morgan fingerprint density at radius 3 is 2.22 bits per heavy atom. The van der Waals surface area contributed by atoms with Gasteiger partial charge in [0, 0.05) is 37.7 Å². The minimum atomic E-state index is -1.19. The van der Waals surface area contributed by atoms with Crippen LogP contribution in [0.4, 0.5) is 4.39 Å². The Morgan fingerprint density at radius 1 is 0.902 bits per heavy atom. The van der Waals surface area contributed by atoms with E-state index in [9.17, 15) is 23.6 Å². The normalized spacial score (nSPS) is 12.7. The number of benzene rings is 2. The van der Waals surface area contributed by atoms with E-state index >= 15 is 0 Å². The highest BCUT2D eigenvalue weighted by molar-refractivity contribution is 5.98. The molecule has 0 aliphatic heterocycles. The number of ether oxygens (including phenoxy) is 5. The van der Waals surface area contributed by atoms with Crippen LogP contribution in [0.3, 0.4) is 0 Å². The summed E-state index contributed by atoms with van der Waals surface area (Å²) in [6.45, 7) is 5.23. The van der Waals surface area contributed by atoms with Crippen LogP contribution in [-0.4, -0.2) is 48.1 Å². The third-order valence-electron chi connectivity index (χ3n) is 5.52. The van der Waals surface area contributed by atoms with Crippen LogP contribution in [0.15, 0.2) is 60.8 Å². The highest BCUT2D eigenvalue weighted by Crippen LogP contribution is 2.34. The fourth-order valence-electron chi connectivity index (χ4n) is 3.71. The van der Waals surface area contributed by atoms with E-state index in [2.05, 4.69) is 10.3 Å². The maximum Gasteiger partial charge on any atom is 0.328 e. The average Bonchev–Trinajstić information content (AvgIpc) is 2.92. The summed E-state index contributed by atoms with van der Waals surface area (Å²) in [5.41, 5.74) is -0.0380. The average molecular weight is 569 g/mol. The molecular formula is C29H29FN2O9. The van der Waals surface area contributed by atoms with E-state index in [1.807, 2.05) is 0 Å². The fraction of sp³-hybridized carbons (Fsp3) is 0.276. The number of nitrogens with one attached hydrogen (secondary N) is 1. The molecule has 3 atom stereocenters. The molecule has 41 heavy (non-hydrogen) atoms. The number of rotatable bonds is 11. The van der Waals surface area contributed by atoms with Crippen LogP contribution in [0.1, 0.15) is 49.9 Å². The van der Waals surface area contributed by atoms with Gasteiger partial charge in [0.2, 0.25) is 5.75 Å². The number of pyridine rings is 1. The van der Waals surface area contributed by atoms with Crippen molar-refractivity contribution in [2.45, 2.75) is 45.9 Å². The minimum absolute atomic E-state index is 0.0907. The highest BCUT2D eigenvalue weighted by Gasteiger charge is 2.31. The molecule has 0 spiro atoms. The molecule has 0 saturated carbocycles. The summed E-state index contributed by atoms with van der Waals surface area (Å²) in [4.78, 5) is 53.2. The van der Waals surface area contributed by atoms with Crippen molar-refractivity contribution >= 4 is 23.8 Å². The van der Waals surface area contributed by atoms with Gasteiger partial charge in [-0.2, -0.15) is 0 Å². The summed E-state index contributed by atoms with van der Waals surface area (Å²) in [5.74, 6) is -3.53. The molecule has 0 aliphatic rings. The van der Waals surface area contributed by atoms with Gasteiger partial charge in [0.1, 0.15) is 29.5 Å². The topological polar surface area (TPSA) is 139 Å². The Morgan fingerprint density at radius 2 is 1.59 bits per heavy atom. The molecule has 3 rings (SSSR count). The lowest BCUT2D eigenvalue weighted by atomic mass is 10.0. The van der Waals surface area contributed by atoms with E-state index in [0.717, 1.165) is 19.1 Å². The number of methoxy groups -OCH3 is 1. The van der Waals surface area contributed by atoms with E-state index in [0.29, 0.717) is 5.75 Å². The molecule has 1 aromatic heterocycles. The number of carbonyl (C=O) groups is 4. The number of halogens is 1. The number of hydrogen-bond acceptors (Lipinski definition) is 10. The van der Waals surface area contributed by atoms with Crippen LogP contribution in [0, 0.1) is 5.82 Å². The van der Waals surface area contributed by atoms with Gasteiger partial charge in [0.25, 0.3) is 5.91 Å². The molecule has 1 N–H and O–H groups in total. The Hall–Kier alpha value is -5.00. The smallest absolute Gasteiger partial charge is 0.328 e. The number of para-hydroxylation sites is 1. The zero-order valence-electron chi connectivity index (χ0n) is 23.0. The lowest BCUT2D eigenvalue weighted by molar-refractivity contribution is -0.155. The number of amides is 1. The lowest BCUT2D eigenvalue weighted by Crippen LogP contribution is -2.42. The van der Waals surface area contributed by atoms with Crippen molar-refractivity contribution in [3.05, 3.63) is 77.9 Å². The quantitative estimate of drug-likeness (QED) is 0.267. The first-order valence-electron chi connectivity index (χ1n) is 12.4. The third kappa shape index (κ3) is 8.24. The number of nitrogens with zero attached hydrogens (tertiary/aromatic N) is 1. The Balaban J connectivity index is 1.83. The molecule has 12 heteroatoms. The maximum atomic E-state index is 14.0. The van der Waals surface area contributed by atoms with Gasteiger partial charge in [-0.3, -0.25) is 14.4 Å². The first-order valence-corrected chi connectivity index (χ1v) is 12.4. The summed E-state index contributed by atoms with van der Waals surface area (Å²) in [6, 6.07) is 12.3. The monoisotopic (exact) mass is 568 g/mol. The van der Waals surface area contributed by atoms with E-state index in [-0.39, 0.29) is 28.5 Å². The zero-order valence-corrected chi connectivity index (χ0v) is 23.0. The molecule has 0 radical (unpaired) electrons. The second kappa shape index (κ2) is 13.9. The number of carbonyl (C=O) groups excluding carboxylic acids is 4. The summed E-state index contributed by atoms with van der Waals surface area (Å²) in [5, 5.41) is 2.46. The largest absolute Gasteiger partial charge is 0.493 e. The van der Waals surface area contributed by atoms with E-state index in [1.54, 1.807) is 30.3 Å². The molecule has 0 saturated heterocycles. The van der Waals surface area contributed by atoms with E-state index in [4.69, 9.17) is 23.7 Å². The number of esters is 3. The Labute approximate surface area is 235 Å². The predicted molar refractivity (Wildman–Crippen MR) is 142 cm³/mol. The van der Waals surface area contributed by atoms with Crippen molar-refractivity contribution in [3.8, 4) is 23.0 Å². The molecule has 0 fully saturated rings. The second-order valence-electron chi connectivity index (χ2n) is 8.75. The summed E-state index contributed by atoms with van der Waals surface area (Å²) in [7, 11) is 1.33. The van der Waals surface area contributed by atoms with Crippen molar-refractivity contribution in [3.63, 3.8) is 0 Å². The van der Waals surface area contributed by atoms with Crippen LogP contribution in [-0.2, 0) is 19.1 Å². The predicted octanol–water partition coefficient (Wildman–Crippen LogP) is 3.95. The van der Waals surface area contributed by atoms with Gasteiger partial charge in [0.05, 0.1) is 7.11 Å². The SMILES string of the molecule is COc1ccnc(C(=O)N[C@@H](C)C(=O)O[C@@H](C)[C@H](Oc2ccccc2)c2ccc(F)cc2OC(C)=O)c1OC(C)=O. The van der Waals surface area contributed by atoms with E-state index in [1.165, 1.54) is 46.2 Å². The van der Waals surface area contributed by atoms with Gasteiger partial charge < -0.3 is 29.0 Å². The zero-order chi connectivity index (χ0) is 30.1. The molecule has 0 bridgehead atoms. The summed E-state index contributed by atoms with van der Waals surface area (Å²) >= 11 is 0. The van der Waals surface area contributed by atoms with Crippen LogP contribution >= 0.6 is 0 Å². The first-order chi connectivity index (χ1) is 19.5. The molecule has 0 aliphatic carbocycles. The van der Waals surface area contributed by atoms with Gasteiger partial charge in [-0.05, 0) is 38.1 Å². The molecule has 3 aromatic rings. The molecule has 1 amide bonds. The van der Waals surface area contributed by atoms with Crippen LogP contribution < -0.4 is 24.3 Å². The fourth-order valence-corrected chi connectivity index (χ4v) is 3.71. The van der Waals surface area contributed by atoms with Gasteiger partial charge in [-0.1, -0.05) is 18.2 Å². The second-order valence-corrected chi connectivity index (χ2v) is 8.75. The van der Waals surface area contributed by atoms with Crippen molar-refractivity contribution in [2.75, 3.05) is 7.11 Å². The molecular weight excluding hydrogens is 539 g/mol. The van der Waals surface area contributed by atoms with Gasteiger partial charge in [-0.25, -0.2) is 14.2 Å². The lowest BCUT2D eigenvalue weighted by Gasteiger charge is -2.28. The minimum Gasteiger partial charge on any atom is -0.493 e. The van der Waals surface area contributed by atoms with Crippen molar-refractivity contribution in [1.82, 2.24) is 10.3 Å². The summed E-state index contributed by atoms with van der Waals surface area (Å²) in [6.07, 6.45) is -0.788.